The van der Waals surface area contributed by atoms with Gasteiger partial charge >= 0.3 is 6.18 Å². The Hall–Kier alpha value is -2.00. The molecule has 0 unspecified atom stereocenters. The number of halogens is 5. The van der Waals surface area contributed by atoms with Crippen molar-refractivity contribution in [1.29, 1.82) is 0 Å². The average molecular weight is 258 g/mol. The second-order valence-electron chi connectivity index (χ2n) is 2.85. The molecular weight excluding hydrogens is 255 g/mol. The molecule has 5 nitrogen and oxygen atoms in total. The highest BCUT2D eigenvalue weighted by Crippen LogP contribution is 2.38. The van der Waals surface area contributed by atoms with Crippen LogP contribution in [0.4, 0.5) is 27.6 Å². The molecule has 0 amide bonds. The summed E-state index contributed by atoms with van der Waals surface area (Å²) in [6, 6.07) is 0. The first-order valence-corrected chi connectivity index (χ1v) is 3.91. The lowest BCUT2D eigenvalue weighted by Crippen LogP contribution is -2.25. The summed E-state index contributed by atoms with van der Waals surface area (Å²) in [6.45, 7) is 0. The molecule has 17 heavy (non-hydrogen) atoms. The van der Waals surface area contributed by atoms with Gasteiger partial charge in [0.05, 0.1) is 11.1 Å². The van der Waals surface area contributed by atoms with Crippen molar-refractivity contribution in [2.24, 2.45) is 0 Å². The van der Waals surface area contributed by atoms with E-state index in [9.17, 15) is 36.9 Å². The SMILES string of the molecule is O=c1[nH]cc([N+](=O)[O-])c(C(F)F)c1C(F)(F)F. The first kappa shape index (κ1) is 13.1. The Bertz CT molecular complexity index is 507. The van der Waals surface area contributed by atoms with Crippen LogP contribution in [0.3, 0.4) is 0 Å². The van der Waals surface area contributed by atoms with E-state index in [1.165, 1.54) is 4.98 Å². The van der Waals surface area contributed by atoms with Gasteiger partial charge in [0.2, 0.25) is 0 Å². The average Bonchev–Trinajstić information content (AvgIpc) is 2.14. The van der Waals surface area contributed by atoms with Gasteiger partial charge < -0.3 is 4.98 Å². The van der Waals surface area contributed by atoms with E-state index in [-0.39, 0.29) is 6.20 Å². The van der Waals surface area contributed by atoms with Crippen molar-refractivity contribution in [1.82, 2.24) is 4.98 Å². The van der Waals surface area contributed by atoms with E-state index < -0.39 is 39.9 Å². The number of alkyl halides is 5. The maximum Gasteiger partial charge on any atom is 0.422 e. The lowest BCUT2D eigenvalue weighted by atomic mass is 10.1. The zero-order chi connectivity index (χ0) is 13.4. The molecule has 10 heteroatoms. The van der Waals surface area contributed by atoms with E-state index in [0.717, 1.165) is 0 Å². The van der Waals surface area contributed by atoms with Crippen LogP contribution in [-0.2, 0) is 6.18 Å². The quantitative estimate of drug-likeness (QED) is 0.502. The Morgan fingerprint density at radius 3 is 2.24 bits per heavy atom. The minimum atomic E-state index is -5.40. The van der Waals surface area contributed by atoms with Crippen LogP contribution >= 0.6 is 0 Å². The van der Waals surface area contributed by atoms with E-state index in [4.69, 9.17) is 0 Å². The lowest BCUT2D eigenvalue weighted by molar-refractivity contribution is -0.386. The summed E-state index contributed by atoms with van der Waals surface area (Å²) in [4.78, 5) is 21.1. The summed E-state index contributed by atoms with van der Waals surface area (Å²) in [5, 5.41) is 10.3. The summed E-state index contributed by atoms with van der Waals surface area (Å²) in [6.07, 6.45) is -8.97. The second-order valence-corrected chi connectivity index (χ2v) is 2.85. The standard InChI is InChI=1S/C7H3F5N2O3/c8-5(9)3-2(14(16)17)1-13-6(15)4(3)7(10,11)12/h1,5H,(H,13,15). The molecule has 1 N–H and O–H groups in total. The fraction of sp³-hybridized carbons (Fsp3) is 0.286. The molecule has 0 aliphatic carbocycles. The largest absolute Gasteiger partial charge is 0.422 e. The third kappa shape index (κ3) is 2.40. The molecule has 1 rings (SSSR count). The van der Waals surface area contributed by atoms with Gasteiger partial charge in [-0.1, -0.05) is 0 Å². The highest BCUT2D eigenvalue weighted by Gasteiger charge is 2.43. The monoisotopic (exact) mass is 258 g/mol. The van der Waals surface area contributed by atoms with E-state index in [0.29, 0.717) is 0 Å². The van der Waals surface area contributed by atoms with Crippen LogP contribution in [-0.4, -0.2) is 9.91 Å². The predicted octanol–water partition coefficient (Wildman–Crippen LogP) is 2.24. The van der Waals surface area contributed by atoms with Crippen molar-refractivity contribution in [3.63, 3.8) is 0 Å². The number of nitrogens with one attached hydrogen (secondary N) is 1. The van der Waals surface area contributed by atoms with E-state index in [2.05, 4.69) is 0 Å². The molecule has 0 radical (unpaired) electrons. The highest BCUT2D eigenvalue weighted by atomic mass is 19.4. The maximum absolute atomic E-state index is 12.4. The van der Waals surface area contributed by atoms with Gasteiger partial charge in [-0.2, -0.15) is 13.2 Å². The fourth-order valence-electron chi connectivity index (χ4n) is 1.19. The summed E-state index contributed by atoms with van der Waals surface area (Å²) in [5.41, 5.74) is -7.50. The molecule has 0 fully saturated rings. The molecular formula is C7H3F5N2O3. The van der Waals surface area contributed by atoms with Gasteiger partial charge in [-0.3, -0.25) is 14.9 Å². The molecule has 94 valence electrons. The zero-order valence-electron chi connectivity index (χ0n) is 7.72. The van der Waals surface area contributed by atoms with Crippen molar-refractivity contribution in [2.75, 3.05) is 0 Å². The van der Waals surface area contributed by atoms with Crippen LogP contribution in [0, 0.1) is 10.1 Å². The molecule has 0 bridgehead atoms. The van der Waals surface area contributed by atoms with Crippen LogP contribution in [0.25, 0.3) is 0 Å². The van der Waals surface area contributed by atoms with Gasteiger partial charge in [0.15, 0.2) is 0 Å². The first-order valence-electron chi connectivity index (χ1n) is 3.91. The highest BCUT2D eigenvalue weighted by molar-refractivity contribution is 5.44. The van der Waals surface area contributed by atoms with Crippen LogP contribution in [0.15, 0.2) is 11.0 Å². The number of nitro groups is 1. The van der Waals surface area contributed by atoms with Gasteiger partial charge in [0, 0.05) is 0 Å². The van der Waals surface area contributed by atoms with Crippen molar-refractivity contribution < 1.29 is 26.9 Å². The van der Waals surface area contributed by atoms with E-state index in [1.54, 1.807) is 0 Å². The lowest BCUT2D eigenvalue weighted by Gasteiger charge is -2.10. The van der Waals surface area contributed by atoms with E-state index >= 15 is 0 Å². The molecule has 0 saturated heterocycles. The van der Waals surface area contributed by atoms with Crippen molar-refractivity contribution >= 4 is 5.69 Å². The molecule has 1 heterocycles. The minimum Gasteiger partial charge on any atom is -0.322 e. The Morgan fingerprint density at radius 2 is 1.88 bits per heavy atom. The Kier molecular flexibility index (Phi) is 3.16. The summed E-state index contributed by atoms with van der Waals surface area (Å²) < 4.78 is 61.8. The number of hydrogen-bond acceptors (Lipinski definition) is 3. The molecule has 0 spiro atoms. The number of rotatable bonds is 2. The van der Waals surface area contributed by atoms with Gasteiger partial charge in [-0.15, -0.1) is 0 Å². The molecule has 0 aliphatic rings. The zero-order valence-corrected chi connectivity index (χ0v) is 7.72. The topological polar surface area (TPSA) is 76.0 Å². The van der Waals surface area contributed by atoms with Crippen LogP contribution in [0.2, 0.25) is 0 Å². The molecule has 1 aromatic rings. The number of aromatic amines is 1. The summed E-state index contributed by atoms with van der Waals surface area (Å²) in [5.74, 6) is 0. The molecule has 0 aliphatic heterocycles. The number of nitrogens with zero attached hydrogens (tertiary/aromatic N) is 1. The minimum absolute atomic E-state index is 0.207. The smallest absolute Gasteiger partial charge is 0.322 e. The summed E-state index contributed by atoms with van der Waals surface area (Å²) >= 11 is 0. The van der Waals surface area contributed by atoms with Gasteiger partial charge in [0.1, 0.15) is 11.1 Å². The normalized spacial score (nSPS) is 11.9. The third-order valence-electron chi connectivity index (χ3n) is 1.81. The van der Waals surface area contributed by atoms with Crippen LogP contribution in [0.5, 0.6) is 0 Å². The van der Waals surface area contributed by atoms with Crippen molar-refractivity contribution in [3.05, 3.63) is 37.8 Å². The third-order valence-corrected chi connectivity index (χ3v) is 1.81. The molecule has 0 atom stereocenters. The second kappa shape index (κ2) is 4.11. The number of aromatic nitrogens is 1. The Balaban J connectivity index is 3.73. The van der Waals surface area contributed by atoms with E-state index in [1.807, 2.05) is 0 Å². The predicted molar refractivity (Wildman–Crippen MR) is 43.7 cm³/mol. The van der Waals surface area contributed by atoms with Crippen LogP contribution < -0.4 is 5.56 Å². The van der Waals surface area contributed by atoms with Gasteiger partial charge in [-0.25, -0.2) is 8.78 Å². The van der Waals surface area contributed by atoms with Crippen molar-refractivity contribution in [3.8, 4) is 0 Å². The van der Waals surface area contributed by atoms with Crippen LogP contribution in [0.1, 0.15) is 17.6 Å². The number of H-pyrrole nitrogens is 1. The number of hydrogen-bond donors (Lipinski definition) is 1. The summed E-state index contributed by atoms with van der Waals surface area (Å²) in [7, 11) is 0. The molecule has 0 saturated carbocycles. The van der Waals surface area contributed by atoms with Gasteiger partial charge in [-0.05, 0) is 0 Å². The Labute approximate surface area is 89.0 Å². The number of pyridine rings is 1. The molecule has 1 aromatic heterocycles. The van der Waals surface area contributed by atoms with Crippen molar-refractivity contribution in [2.45, 2.75) is 12.6 Å². The first-order chi connectivity index (χ1) is 7.66. The Morgan fingerprint density at radius 1 is 1.35 bits per heavy atom. The fourth-order valence-corrected chi connectivity index (χ4v) is 1.19. The maximum atomic E-state index is 12.4. The molecule has 0 aromatic carbocycles. The van der Waals surface area contributed by atoms with Gasteiger partial charge in [0.25, 0.3) is 17.7 Å².